The molecule has 1 atom stereocenters. The molecule has 1 unspecified atom stereocenters. The molecule has 2 aromatic heterocycles. The molecule has 0 bridgehead atoms. The van der Waals surface area contributed by atoms with Crippen LogP contribution in [0.25, 0.3) is 0 Å². The van der Waals surface area contributed by atoms with E-state index in [0.29, 0.717) is 6.04 Å². The van der Waals surface area contributed by atoms with Crippen LogP contribution in [0.15, 0.2) is 16.6 Å². The predicted octanol–water partition coefficient (Wildman–Crippen LogP) is 4.24. The molecule has 2 aromatic rings. The maximum absolute atomic E-state index is 4.59. The van der Waals surface area contributed by atoms with Gasteiger partial charge in [-0.3, -0.25) is 4.68 Å². The Kier molecular flexibility index (Phi) is 5.41. The highest BCUT2D eigenvalue weighted by molar-refractivity contribution is 9.10. The van der Waals surface area contributed by atoms with Crippen molar-refractivity contribution >= 4 is 27.3 Å². The Morgan fingerprint density at radius 1 is 1.35 bits per heavy atom. The van der Waals surface area contributed by atoms with E-state index in [9.17, 15) is 0 Å². The average Bonchev–Trinajstić information content (AvgIpc) is 2.96. The molecule has 0 saturated carbocycles. The SMILES string of the molecule is CCNC(Cc1c(Br)c(C)nn1CC)c1ccc(C)s1. The van der Waals surface area contributed by atoms with Gasteiger partial charge in [0.25, 0.3) is 0 Å². The first-order valence-corrected chi connectivity index (χ1v) is 8.69. The van der Waals surface area contributed by atoms with E-state index in [2.05, 4.69) is 70.9 Å². The van der Waals surface area contributed by atoms with Crippen LogP contribution in [0.3, 0.4) is 0 Å². The highest BCUT2D eigenvalue weighted by Gasteiger charge is 2.19. The summed E-state index contributed by atoms with van der Waals surface area (Å²) in [5, 5.41) is 8.18. The van der Waals surface area contributed by atoms with Gasteiger partial charge < -0.3 is 5.32 Å². The molecule has 0 radical (unpaired) electrons. The zero-order valence-corrected chi connectivity index (χ0v) is 14.9. The standard InChI is InChI=1S/C15H22BrN3S/c1-5-17-12(14-8-7-10(3)20-14)9-13-15(16)11(4)18-19(13)6-2/h7-8,12,17H,5-6,9H2,1-4H3. The molecule has 20 heavy (non-hydrogen) atoms. The zero-order valence-electron chi connectivity index (χ0n) is 12.5. The van der Waals surface area contributed by atoms with Crippen molar-refractivity contribution in [3.63, 3.8) is 0 Å². The van der Waals surface area contributed by atoms with Gasteiger partial charge in [-0.2, -0.15) is 5.10 Å². The van der Waals surface area contributed by atoms with E-state index >= 15 is 0 Å². The molecule has 2 rings (SSSR count). The van der Waals surface area contributed by atoms with Crippen molar-refractivity contribution in [3.8, 4) is 0 Å². The number of hydrogen-bond donors (Lipinski definition) is 1. The number of likely N-dealkylation sites (N-methyl/N-ethyl adjacent to an activating group) is 1. The minimum Gasteiger partial charge on any atom is -0.309 e. The fourth-order valence-corrected chi connectivity index (χ4v) is 3.82. The van der Waals surface area contributed by atoms with Crippen LogP contribution in [0.5, 0.6) is 0 Å². The lowest BCUT2D eigenvalue weighted by molar-refractivity contribution is 0.521. The van der Waals surface area contributed by atoms with Gasteiger partial charge in [-0.15, -0.1) is 11.3 Å². The lowest BCUT2D eigenvalue weighted by atomic mass is 10.1. The zero-order chi connectivity index (χ0) is 14.7. The molecule has 0 aliphatic heterocycles. The maximum Gasteiger partial charge on any atom is 0.0738 e. The molecule has 0 aliphatic rings. The Hall–Kier alpha value is -0.650. The molecule has 3 nitrogen and oxygen atoms in total. The van der Waals surface area contributed by atoms with Gasteiger partial charge in [0, 0.05) is 28.8 Å². The highest BCUT2D eigenvalue weighted by Crippen LogP contribution is 2.29. The average molecular weight is 356 g/mol. The summed E-state index contributed by atoms with van der Waals surface area (Å²) in [4.78, 5) is 2.76. The molecule has 5 heteroatoms. The minimum absolute atomic E-state index is 0.358. The third kappa shape index (κ3) is 3.32. The van der Waals surface area contributed by atoms with Gasteiger partial charge in [0.15, 0.2) is 0 Å². The summed E-state index contributed by atoms with van der Waals surface area (Å²) < 4.78 is 3.25. The summed E-state index contributed by atoms with van der Waals surface area (Å²) in [5.74, 6) is 0. The first-order chi connectivity index (χ1) is 9.56. The second kappa shape index (κ2) is 6.87. The van der Waals surface area contributed by atoms with E-state index in [1.165, 1.54) is 15.4 Å². The van der Waals surface area contributed by atoms with Crippen LogP contribution in [0.2, 0.25) is 0 Å². The smallest absolute Gasteiger partial charge is 0.0738 e. The predicted molar refractivity (Wildman–Crippen MR) is 89.5 cm³/mol. The van der Waals surface area contributed by atoms with Gasteiger partial charge >= 0.3 is 0 Å². The Balaban J connectivity index is 2.28. The first-order valence-electron chi connectivity index (χ1n) is 7.08. The summed E-state index contributed by atoms with van der Waals surface area (Å²) in [6, 6.07) is 4.79. The Bertz CT molecular complexity index is 574. The Labute approximate surface area is 133 Å². The summed E-state index contributed by atoms with van der Waals surface area (Å²) in [5.41, 5.74) is 2.35. The fourth-order valence-electron chi connectivity index (χ4n) is 2.42. The second-order valence-electron chi connectivity index (χ2n) is 4.92. The van der Waals surface area contributed by atoms with Crippen LogP contribution < -0.4 is 5.32 Å². The van der Waals surface area contributed by atoms with Gasteiger partial charge in [0.1, 0.15) is 0 Å². The molecular formula is C15H22BrN3S. The third-order valence-corrected chi connectivity index (χ3v) is 5.55. The van der Waals surface area contributed by atoms with Crippen molar-refractivity contribution < 1.29 is 0 Å². The van der Waals surface area contributed by atoms with Crippen LogP contribution in [0, 0.1) is 13.8 Å². The van der Waals surface area contributed by atoms with Crippen molar-refractivity contribution in [2.24, 2.45) is 0 Å². The summed E-state index contributed by atoms with van der Waals surface area (Å²) in [6.45, 7) is 10.4. The van der Waals surface area contributed by atoms with Crippen LogP contribution in [0.4, 0.5) is 0 Å². The lowest BCUT2D eigenvalue weighted by Crippen LogP contribution is -2.23. The molecule has 0 spiro atoms. The van der Waals surface area contributed by atoms with E-state index in [0.717, 1.165) is 29.7 Å². The van der Waals surface area contributed by atoms with Crippen molar-refractivity contribution in [1.29, 1.82) is 0 Å². The van der Waals surface area contributed by atoms with Crippen molar-refractivity contribution in [1.82, 2.24) is 15.1 Å². The van der Waals surface area contributed by atoms with Gasteiger partial charge in [-0.1, -0.05) is 6.92 Å². The van der Waals surface area contributed by atoms with Crippen molar-refractivity contribution in [3.05, 3.63) is 37.7 Å². The number of hydrogen-bond acceptors (Lipinski definition) is 3. The molecule has 0 aromatic carbocycles. The fraction of sp³-hybridized carbons (Fsp3) is 0.533. The monoisotopic (exact) mass is 355 g/mol. The normalized spacial score (nSPS) is 12.8. The Morgan fingerprint density at radius 2 is 2.10 bits per heavy atom. The maximum atomic E-state index is 4.59. The number of rotatable bonds is 6. The number of nitrogens with zero attached hydrogens (tertiary/aromatic N) is 2. The van der Waals surface area contributed by atoms with Crippen molar-refractivity contribution in [2.75, 3.05) is 6.54 Å². The number of thiophene rings is 1. The lowest BCUT2D eigenvalue weighted by Gasteiger charge is -2.17. The van der Waals surface area contributed by atoms with Crippen molar-refractivity contribution in [2.45, 2.75) is 46.7 Å². The summed E-state index contributed by atoms with van der Waals surface area (Å²) >= 11 is 5.57. The number of nitrogens with one attached hydrogen (secondary N) is 1. The topological polar surface area (TPSA) is 29.9 Å². The Morgan fingerprint density at radius 3 is 2.65 bits per heavy atom. The largest absolute Gasteiger partial charge is 0.309 e. The molecule has 0 aliphatic carbocycles. The molecule has 2 heterocycles. The second-order valence-corrected chi connectivity index (χ2v) is 7.04. The first kappa shape index (κ1) is 15.7. The number of aryl methyl sites for hydroxylation is 3. The van der Waals surface area contributed by atoms with E-state index in [1.54, 1.807) is 0 Å². The molecule has 0 amide bonds. The van der Waals surface area contributed by atoms with E-state index in [-0.39, 0.29) is 0 Å². The number of aromatic nitrogens is 2. The summed E-state index contributed by atoms with van der Waals surface area (Å²) in [6.07, 6.45) is 0.961. The number of halogens is 1. The van der Waals surface area contributed by atoms with Gasteiger partial charge in [-0.25, -0.2) is 0 Å². The van der Waals surface area contributed by atoms with E-state index in [1.807, 2.05) is 11.3 Å². The van der Waals surface area contributed by atoms with E-state index < -0.39 is 0 Å². The van der Waals surface area contributed by atoms with Crippen LogP contribution in [0.1, 0.15) is 41.0 Å². The van der Waals surface area contributed by atoms with Crippen LogP contribution >= 0.6 is 27.3 Å². The molecule has 0 fully saturated rings. The highest BCUT2D eigenvalue weighted by atomic mass is 79.9. The van der Waals surface area contributed by atoms with Crippen LogP contribution in [-0.2, 0) is 13.0 Å². The van der Waals surface area contributed by atoms with Crippen LogP contribution in [-0.4, -0.2) is 16.3 Å². The van der Waals surface area contributed by atoms with Gasteiger partial charge in [-0.05, 0) is 55.4 Å². The molecular weight excluding hydrogens is 334 g/mol. The third-order valence-electron chi connectivity index (χ3n) is 3.41. The molecule has 0 saturated heterocycles. The molecule has 1 N–H and O–H groups in total. The minimum atomic E-state index is 0.358. The van der Waals surface area contributed by atoms with Gasteiger partial charge in [0.2, 0.25) is 0 Å². The van der Waals surface area contributed by atoms with Gasteiger partial charge in [0.05, 0.1) is 15.9 Å². The summed E-state index contributed by atoms with van der Waals surface area (Å²) in [7, 11) is 0. The van der Waals surface area contributed by atoms with E-state index in [4.69, 9.17) is 0 Å². The quantitative estimate of drug-likeness (QED) is 0.839. The molecule has 110 valence electrons.